The molecule has 11 heteroatoms. The number of hydrogen-bond donors (Lipinski definition) is 1. The van der Waals surface area contributed by atoms with Gasteiger partial charge in [0.15, 0.2) is 0 Å². The normalized spacial score (nSPS) is 15.3. The molecule has 1 aliphatic carbocycles. The lowest BCUT2D eigenvalue weighted by Gasteiger charge is -2.35. The zero-order chi connectivity index (χ0) is 30.4. The fourth-order valence-electron chi connectivity index (χ4n) is 5.52. The van der Waals surface area contributed by atoms with E-state index in [2.05, 4.69) is 16.5 Å². The Morgan fingerprint density at radius 2 is 1.91 bits per heavy atom. The Hall–Kier alpha value is -4.80. The Morgan fingerprint density at radius 1 is 1.16 bits per heavy atom. The first-order valence-electron chi connectivity index (χ1n) is 14.4. The van der Waals surface area contributed by atoms with Gasteiger partial charge in [0.05, 0.1) is 28.2 Å². The van der Waals surface area contributed by atoms with Crippen molar-refractivity contribution < 1.29 is 19.0 Å². The third-order valence-electron chi connectivity index (χ3n) is 7.86. The number of aryl methyl sites for hydroxylation is 1. The van der Waals surface area contributed by atoms with Gasteiger partial charge in [-0.25, -0.2) is 14.2 Å². The van der Waals surface area contributed by atoms with Gasteiger partial charge in [0, 0.05) is 32.4 Å². The van der Waals surface area contributed by atoms with Crippen LogP contribution >= 0.6 is 0 Å². The van der Waals surface area contributed by atoms with Gasteiger partial charge in [0.1, 0.15) is 28.9 Å². The van der Waals surface area contributed by atoms with Crippen molar-refractivity contribution in [3.8, 4) is 28.6 Å². The van der Waals surface area contributed by atoms with Crippen LogP contribution in [0, 0.1) is 12.7 Å². The third kappa shape index (κ3) is 5.19. The van der Waals surface area contributed by atoms with Gasteiger partial charge in [0.2, 0.25) is 11.8 Å². The highest BCUT2D eigenvalue weighted by Crippen LogP contribution is 2.41. The van der Waals surface area contributed by atoms with Crippen molar-refractivity contribution >= 4 is 22.6 Å². The van der Waals surface area contributed by atoms with Crippen molar-refractivity contribution in [2.24, 2.45) is 0 Å². The molecule has 1 amide bonds. The minimum atomic E-state index is -0.657. The van der Waals surface area contributed by atoms with Crippen molar-refractivity contribution in [1.29, 1.82) is 0 Å². The van der Waals surface area contributed by atoms with Crippen LogP contribution in [0.2, 0.25) is 0 Å². The number of benzene rings is 1. The number of carbonyl (C=O) groups is 1. The summed E-state index contributed by atoms with van der Waals surface area (Å²) in [5.74, 6) is -0.541. The lowest BCUT2D eigenvalue weighted by molar-refractivity contribution is -0.126. The van der Waals surface area contributed by atoms with Crippen molar-refractivity contribution in [2.45, 2.75) is 45.6 Å². The molecule has 0 spiro atoms. The number of amides is 1. The van der Waals surface area contributed by atoms with E-state index in [0.29, 0.717) is 54.3 Å². The summed E-state index contributed by atoms with van der Waals surface area (Å²) in [4.78, 5) is 43.9. The number of phenols is 1. The second-order valence-corrected chi connectivity index (χ2v) is 11.2. The van der Waals surface area contributed by atoms with Gasteiger partial charge in [-0.05, 0) is 61.6 Å². The van der Waals surface area contributed by atoms with Crippen molar-refractivity contribution in [1.82, 2.24) is 24.4 Å². The first-order valence-corrected chi connectivity index (χ1v) is 14.4. The highest BCUT2D eigenvalue weighted by molar-refractivity contribution is 5.97. The highest BCUT2D eigenvalue weighted by atomic mass is 19.1. The molecule has 1 N–H and O–H groups in total. The minimum Gasteiger partial charge on any atom is -0.507 e. The van der Waals surface area contributed by atoms with Crippen LogP contribution in [0.25, 0.3) is 27.8 Å². The lowest BCUT2D eigenvalue weighted by atomic mass is 10.0. The van der Waals surface area contributed by atoms with E-state index in [0.717, 1.165) is 18.4 Å². The Labute approximate surface area is 248 Å². The average Bonchev–Trinajstić information content (AvgIpc) is 3.80. The molecule has 2 fully saturated rings. The zero-order valence-electron chi connectivity index (χ0n) is 24.4. The summed E-state index contributed by atoms with van der Waals surface area (Å²) < 4.78 is 23.0. The van der Waals surface area contributed by atoms with Crippen LogP contribution in [0.15, 0.2) is 54.0 Å². The summed E-state index contributed by atoms with van der Waals surface area (Å²) in [5.41, 5.74) is 1.98. The Morgan fingerprint density at radius 3 is 2.56 bits per heavy atom. The molecule has 1 aliphatic heterocycles. The highest BCUT2D eigenvalue weighted by Gasteiger charge is 2.31. The molecular weight excluding hydrogens is 551 g/mol. The van der Waals surface area contributed by atoms with Crippen LogP contribution in [0.3, 0.4) is 0 Å². The number of piperazine rings is 1. The van der Waals surface area contributed by atoms with E-state index in [4.69, 9.17) is 9.72 Å². The number of nitrogens with zero attached hydrogens (tertiary/aromatic N) is 6. The molecular formula is C32H33FN6O4. The third-order valence-corrected chi connectivity index (χ3v) is 7.86. The fraction of sp³-hybridized carbons (Fsp3) is 0.344. The molecule has 1 saturated heterocycles. The number of fused-ring (bicyclic) bond motifs is 1. The molecule has 43 heavy (non-hydrogen) atoms. The molecule has 10 nitrogen and oxygen atoms in total. The van der Waals surface area contributed by atoms with E-state index in [1.165, 1.54) is 28.8 Å². The number of pyridine rings is 2. The predicted octanol–water partition coefficient (Wildman–Crippen LogP) is 4.50. The van der Waals surface area contributed by atoms with E-state index in [1.807, 2.05) is 31.7 Å². The summed E-state index contributed by atoms with van der Waals surface area (Å²) in [6.45, 7) is 11.2. The molecule has 6 rings (SSSR count). The van der Waals surface area contributed by atoms with Crippen LogP contribution in [0.1, 0.15) is 43.9 Å². The van der Waals surface area contributed by atoms with Crippen molar-refractivity contribution in [3.05, 3.63) is 76.7 Å². The van der Waals surface area contributed by atoms with Crippen LogP contribution in [0.5, 0.6) is 11.6 Å². The molecule has 2 aliphatic rings. The van der Waals surface area contributed by atoms with Gasteiger partial charge >= 0.3 is 5.69 Å². The number of halogens is 1. The molecule has 4 heterocycles. The van der Waals surface area contributed by atoms with E-state index in [9.17, 15) is 14.7 Å². The maximum absolute atomic E-state index is 15.2. The number of aromatic hydroxyl groups is 1. The number of hydrogen-bond acceptors (Lipinski definition) is 8. The topological polar surface area (TPSA) is 114 Å². The summed E-state index contributed by atoms with van der Waals surface area (Å²) in [6, 6.07) is 7.49. The standard InChI is InChI=1S/C32H33FN6O4/c1-5-25(41)37-13-15-38(16-14-37)30-27-23(39(32(42)36-30)29-19(4)11-12-34-28(29)18(2)3)17-22(35-31(27)43-20-9-10-20)26-21(33)7-6-8-24(26)40/h5-8,11-12,17-18,20,40H,1,9-10,13-16H2,2-4H3. The molecule has 4 aromatic rings. The number of ether oxygens (including phenoxy) is 1. The maximum atomic E-state index is 15.2. The predicted molar refractivity (Wildman–Crippen MR) is 161 cm³/mol. The quantitative estimate of drug-likeness (QED) is 0.316. The molecule has 222 valence electrons. The van der Waals surface area contributed by atoms with Crippen LogP contribution in [-0.2, 0) is 4.79 Å². The molecule has 3 aromatic heterocycles. The number of anilines is 1. The lowest BCUT2D eigenvalue weighted by Crippen LogP contribution is -2.49. The van der Waals surface area contributed by atoms with Gasteiger partial charge in [-0.2, -0.15) is 4.98 Å². The summed E-state index contributed by atoms with van der Waals surface area (Å²) in [5, 5.41) is 11.2. The largest absolute Gasteiger partial charge is 0.507 e. The minimum absolute atomic E-state index is 0.0221. The number of phenolic OH excluding ortho intramolecular Hbond substituents is 1. The van der Waals surface area contributed by atoms with Crippen molar-refractivity contribution in [3.63, 3.8) is 0 Å². The summed E-state index contributed by atoms with van der Waals surface area (Å²) >= 11 is 0. The fourth-order valence-corrected chi connectivity index (χ4v) is 5.52. The maximum Gasteiger partial charge on any atom is 0.354 e. The van der Waals surface area contributed by atoms with E-state index in [-0.39, 0.29) is 40.8 Å². The van der Waals surface area contributed by atoms with Crippen LogP contribution < -0.4 is 15.3 Å². The number of aromatic nitrogens is 4. The second kappa shape index (κ2) is 11.1. The number of carbonyl (C=O) groups excluding carboxylic acids is 1. The van der Waals surface area contributed by atoms with Gasteiger partial charge in [-0.1, -0.05) is 26.5 Å². The Kier molecular flexibility index (Phi) is 7.33. The van der Waals surface area contributed by atoms with Crippen molar-refractivity contribution in [2.75, 3.05) is 31.1 Å². The van der Waals surface area contributed by atoms with Gasteiger partial charge < -0.3 is 19.6 Å². The van der Waals surface area contributed by atoms with Crippen LogP contribution in [0.4, 0.5) is 10.2 Å². The smallest absolute Gasteiger partial charge is 0.354 e. The molecule has 0 radical (unpaired) electrons. The van der Waals surface area contributed by atoms with Crippen LogP contribution in [-0.4, -0.2) is 67.7 Å². The second-order valence-electron chi connectivity index (χ2n) is 11.2. The van der Waals surface area contributed by atoms with E-state index in [1.54, 1.807) is 17.2 Å². The molecule has 0 unspecified atom stereocenters. The summed E-state index contributed by atoms with van der Waals surface area (Å²) in [6.07, 6.45) is 4.59. The average molecular weight is 585 g/mol. The first kappa shape index (κ1) is 28.3. The zero-order valence-corrected chi connectivity index (χ0v) is 24.4. The van der Waals surface area contributed by atoms with Gasteiger partial charge in [0.25, 0.3) is 0 Å². The van der Waals surface area contributed by atoms with E-state index < -0.39 is 11.5 Å². The molecule has 0 bridgehead atoms. The molecule has 1 aromatic carbocycles. The Balaban J connectivity index is 1.67. The Bertz CT molecular complexity index is 1790. The van der Waals surface area contributed by atoms with Gasteiger partial charge in [-0.15, -0.1) is 0 Å². The first-order chi connectivity index (χ1) is 20.7. The SMILES string of the molecule is C=CC(=O)N1CCN(c2nc(=O)n(-c3c(C)ccnc3C(C)C)c3cc(-c4c(O)cccc4F)nc(OC4CC4)c23)CC1. The number of rotatable bonds is 7. The molecule has 1 saturated carbocycles. The molecule has 0 atom stereocenters. The summed E-state index contributed by atoms with van der Waals surface area (Å²) in [7, 11) is 0. The monoisotopic (exact) mass is 584 g/mol. The van der Waals surface area contributed by atoms with Gasteiger partial charge in [-0.3, -0.25) is 14.3 Å². The van der Waals surface area contributed by atoms with E-state index >= 15 is 4.39 Å².